The van der Waals surface area contributed by atoms with Gasteiger partial charge in [-0.1, -0.05) is 30.3 Å². The van der Waals surface area contributed by atoms with Crippen molar-refractivity contribution >= 4 is 11.8 Å². The zero-order chi connectivity index (χ0) is 17.8. The highest BCUT2D eigenvalue weighted by molar-refractivity contribution is 5.97. The van der Waals surface area contributed by atoms with Crippen molar-refractivity contribution < 1.29 is 14.3 Å². The van der Waals surface area contributed by atoms with Gasteiger partial charge in [0.05, 0.1) is 6.54 Å². The normalized spacial score (nSPS) is 14.1. The number of aromatic nitrogens is 1. The zero-order valence-corrected chi connectivity index (χ0v) is 13.9. The summed E-state index contributed by atoms with van der Waals surface area (Å²) in [5.74, 6) is -0.602. The van der Waals surface area contributed by atoms with E-state index in [4.69, 9.17) is 4.74 Å². The molecule has 1 aromatic carbocycles. The molecule has 0 bridgehead atoms. The summed E-state index contributed by atoms with van der Waals surface area (Å²) >= 11 is 0. The lowest BCUT2D eigenvalue weighted by Crippen LogP contribution is -2.50. The Morgan fingerprint density at radius 1 is 1.20 bits per heavy atom. The highest BCUT2D eigenvalue weighted by atomic mass is 16.5. The van der Waals surface area contributed by atoms with Gasteiger partial charge in [0.15, 0.2) is 11.4 Å². The number of hydrogen-bond donors (Lipinski definition) is 1. The van der Waals surface area contributed by atoms with Gasteiger partial charge in [0.25, 0.3) is 5.91 Å². The minimum absolute atomic E-state index is 0.00448. The third-order valence-electron chi connectivity index (χ3n) is 4.00. The van der Waals surface area contributed by atoms with Crippen molar-refractivity contribution in [2.45, 2.75) is 6.61 Å². The van der Waals surface area contributed by atoms with E-state index in [1.165, 1.54) is 17.2 Å². The van der Waals surface area contributed by atoms with Crippen molar-refractivity contribution in [1.82, 2.24) is 14.8 Å². The first kappa shape index (κ1) is 16.8. The quantitative estimate of drug-likeness (QED) is 0.880. The molecule has 0 radical (unpaired) electrons. The number of carbonyl (C=O) groups is 2. The first-order valence-electron chi connectivity index (χ1n) is 7.98. The fraction of sp³-hybridized carbons (Fsp3) is 0.278. The number of pyridine rings is 1. The SMILES string of the molecule is Cn1ccc(=O)c(OCc2ccccc2)c1C(=O)N1CCNC(=O)C1. The molecular weight excluding hydrogens is 322 g/mol. The molecule has 1 aliphatic rings. The predicted molar refractivity (Wildman–Crippen MR) is 91.4 cm³/mol. The third kappa shape index (κ3) is 3.71. The molecule has 3 rings (SSSR count). The molecule has 0 unspecified atom stereocenters. The number of benzene rings is 1. The van der Waals surface area contributed by atoms with Crippen LogP contribution in [-0.4, -0.2) is 40.9 Å². The van der Waals surface area contributed by atoms with Gasteiger partial charge in [-0.25, -0.2) is 0 Å². The Morgan fingerprint density at radius 3 is 2.68 bits per heavy atom. The number of amides is 2. The smallest absolute Gasteiger partial charge is 0.275 e. The molecular formula is C18H19N3O4. The molecule has 2 heterocycles. The zero-order valence-electron chi connectivity index (χ0n) is 13.9. The van der Waals surface area contributed by atoms with Gasteiger partial charge in [-0.2, -0.15) is 0 Å². The van der Waals surface area contributed by atoms with E-state index in [-0.39, 0.29) is 35.9 Å². The van der Waals surface area contributed by atoms with Crippen molar-refractivity contribution in [3.8, 4) is 5.75 Å². The molecule has 0 saturated carbocycles. The largest absolute Gasteiger partial charge is 0.483 e. The average Bonchev–Trinajstić information content (AvgIpc) is 2.62. The van der Waals surface area contributed by atoms with Gasteiger partial charge in [-0.05, 0) is 5.56 Å². The second-order valence-corrected chi connectivity index (χ2v) is 5.82. The molecule has 0 aliphatic carbocycles. The van der Waals surface area contributed by atoms with Crippen molar-refractivity contribution in [3.05, 3.63) is 64.1 Å². The number of rotatable bonds is 4. The van der Waals surface area contributed by atoms with E-state index in [1.807, 2.05) is 30.3 Å². The van der Waals surface area contributed by atoms with Crippen molar-refractivity contribution in [1.29, 1.82) is 0 Å². The summed E-state index contributed by atoms with van der Waals surface area (Å²) in [7, 11) is 1.67. The van der Waals surface area contributed by atoms with E-state index in [2.05, 4.69) is 5.32 Å². The van der Waals surface area contributed by atoms with Crippen LogP contribution in [0.2, 0.25) is 0 Å². The molecule has 0 atom stereocenters. The second-order valence-electron chi connectivity index (χ2n) is 5.82. The van der Waals surface area contributed by atoms with Crippen LogP contribution >= 0.6 is 0 Å². The standard InChI is InChI=1S/C18H19N3O4/c1-20-9-7-14(22)17(25-12-13-5-3-2-4-6-13)16(20)18(24)21-10-8-19-15(23)11-21/h2-7,9H,8,10-12H2,1H3,(H,19,23). The Morgan fingerprint density at radius 2 is 1.96 bits per heavy atom. The molecule has 1 saturated heterocycles. The molecule has 1 N–H and O–H groups in total. The number of piperazine rings is 1. The van der Waals surface area contributed by atoms with E-state index in [9.17, 15) is 14.4 Å². The van der Waals surface area contributed by atoms with Gasteiger partial charge < -0.3 is 19.5 Å². The number of nitrogens with one attached hydrogen (secondary N) is 1. The van der Waals surface area contributed by atoms with Crippen LogP contribution in [-0.2, 0) is 18.4 Å². The van der Waals surface area contributed by atoms with Crippen molar-refractivity contribution in [2.75, 3.05) is 19.6 Å². The first-order valence-corrected chi connectivity index (χ1v) is 7.98. The van der Waals surface area contributed by atoms with Gasteiger partial charge >= 0.3 is 0 Å². The summed E-state index contributed by atoms with van der Waals surface area (Å²) < 4.78 is 7.24. The van der Waals surface area contributed by atoms with Gasteiger partial charge in [-0.15, -0.1) is 0 Å². The lowest BCUT2D eigenvalue weighted by molar-refractivity contribution is -0.123. The fourth-order valence-corrected chi connectivity index (χ4v) is 2.69. The number of aryl methyl sites for hydroxylation is 1. The molecule has 7 nitrogen and oxygen atoms in total. The van der Waals surface area contributed by atoms with Crippen molar-refractivity contribution in [3.63, 3.8) is 0 Å². The molecule has 130 valence electrons. The Hall–Kier alpha value is -3.09. The van der Waals surface area contributed by atoms with Crippen LogP contribution in [0.25, 0.3) is 0 Å². The number of ether oxygens (including phenoxy) is 1. The predicted octanol–water partition coefficient (Wildman–Crippen LogP) is 0.536. The third-order valence-corrected chi connectivity index (χ3v) is 4.00. The Kier molecular flexibility index (Phi) is 4.83. The summed E-state index contributed by atoms with van der Waals surface area (Å²) in [6, 6.07) is 10.8. The molecule has 2 aromatic rings. The van der Waals surface area contributed by atoms with Crippen LogP contribution < -0.4 is 15.5 Å². The van der Waals surface area contributed by atoms with Crippen LogP contribution in [0.15, 0.2) is 47.4 Å². The Labute approximate surface area is 144 Å². The second kappa shape index (κ2) is 7.21. The molecule has 1 fully saturated rings. The monoisotopic (exact) mass is 341 g/mol. The number of carbonyl (C=O) groups excluding carboxylic acids is 2. The van der Waals surface area contributed by atoms with Crippen LogP contribution in [0.4, 0.5) is 0 Å². The molecule has 2 amide bonds. The average molecular weight is 341 g/mol. The number of hydrogen-bond acceptors (Lipinski definition) is 4. The molecule has 1 aliphatic heterocycles. The minimum atomic E-state index is -0.391. The first-order chi connectivity index (χ1) is 12.1. The van der Waals surface area contributed by atoms with E-state index in [0.717, 1.165) is 5.56 Å². The van der Waals surface area contributed by atoms with Crippen LogP contribution in [0, 0.1) is 0 Å². The van der Waals surface area contributed by atoms with Gasteiger partial charge in [-0.3, -0.25) is 14.4 Å². The van der Waals surface area contributed by atoms with Gasteiger partial charge in [0.1, 0.15) is 6.61 Å². The maximum atomic E-state index is 12.9. The minimum Gasteiger partial charge on any atom is -0.483 e. The highest BCUT2D eigenvalue weighted by Gasteiger charge is 2.27. The maximum Gasteiger partial charge on any atom is 0.275 e. The number of nitrogens with zero attached hydrogens (tertiary/aromatic N) is 2. The van der Waals surface area contributed by atoms with E-state index in [1.54, 1.807) is 11.6 Å². The van der Waals surface area contributed by atoms with E-state index < -0.39 is 5.91 Å². The Bertz CT molecular complexity index is 845. The van der Waals surface area contributed by atoms with E-state index in [0.29, 0.717) is 13.1 Å². The van der Waals surface area contributed by atoms with Gasteiger partial charge in [0.2, 0.25) is 11.3 Å². The summed E-state index contributed by atoms with van der Waals surface area (Å²) in [4.78, 5) is 38.1. The topological polar surface area (TPSA) is 80.6 Å². The summed E-state index contributed by atoms with van der Waals surface area (Å²) in [6.07, 6.45) is 1.52. The lowest BCUT2D eigenvalue weighted by atomic mass is 10.2. The fourth-order valence-electron chi connectivity index (χ4n) is 2.69. The summed E-state index contributed by atoms with van der Waals surface area (Å²) in [5, 5.41) is 2.67. The van der Waals surface area contributed by atoms with Crippen LogP contribution in [0.3, 0.4) is 0 Å². The molecule has 7 heteroatoms. The summed E-state index contributed by atoms with van der Waals surface area (Å²) in [6.45, 7) is 0.943. The summed E-state index contributed by atoms with van der Waals surface area (Å²) in [5.41, 5.74) is 0.682. The molecule has 0 spiro atoms. The molecule has 1 aromatic heterocycles. The van der Waals surface area contributed by atoms with Crippen LogP contribution in [0.5, 0.6) is 5.75 Å². The van der Waals surface area contributed by atoms with Gasteiger partial charge in [0, 0.05) is 32.4 Å². The maximum absolute atomic E-state index is 12.9. The Balaban J connectivity index is 1.90. The van der Waals surface area contributed by atoms with E-state index >= 15 is 0 Å². The lowest BCUT2D eigenvalue weighted by Gasteiger charge is -2.27. The van der Waals surface area contributed by atoms with Crippen molar-refractivity contribution in [2.24, 2.45) is 7.05 Å². The van der Waals surface area contributed by atoms with Crippen LogP contribution in [0.1, 0.15) is 16.1 Å². The molecule has 25 heavy (non-hydrogen) atoms. The highest BCUT2D eigenvalue weighted by Crippen LogP contribution is 2.17.